The number of aryl methyl sites for hydroxylation is 1. The monoisotopic (exact) mass is 348 g/mol. The standard InChI is InChI=1S/C20H16N2O2S/c1-12-6-2-3-7-14(12)19-18(15-8-4-5-9-16(15)22-19)20-21-13(11-25-20)10-17(23)24/h2-9,11,22H,10H2,1H3,(H,23,24). The van der Waals surface area contributed by atoms with E-state index >= 15 is 0 Å². The second-order valence-corrected chi connectivity index (χ2v) is 6.81. The molecule has 5 heteroatoms. The smallest absolute Gasteiger partial charge is 0.309 e. The third kappa shape index (κ3) is 2.83. The largest absolute Gasteiger partial charge is 0.481 e. The van der Waals surface area contributed by atoms with Gasteiger partial charge in [0.1, 0.15) is 5.01 Å². The molecule has 4 nitrogen and oxygen atoms in total. The Bertz CT molecular complexity index is 1080. The van der Waals surface area contributed by atoms with Crippen LogP contribution in [0, 0.1) is 6.92 Å². The molecule has 0 radical (unpaired) electrons. The van der Waals surface area contributed by atoms with Gasteiger partial charge in [-0.25, -0.2) is 4.98 Å². The van der Waals surface area contributed by atoms with Crippen LogP contribution >= 0.6 is 11.3 Å². The molecular formula is C20H16N2O2S. The Kier molecular flexibility index (Phi) is 3.86. The zero-order valence-electron chi connectivity index (χ0n) is 13.6. The van der Waals surface area contributed by atoms with E-state index < -0.39 is 5.97 Å². The number of aromatic nitrogens is 2. The van der Waals surface area contributed by atoms with E-state index in [1.54, 1.807) is 0 Å². The van der Waals surface area contributed by atoms with E-state index in [-0.39, 0.29) is 6.42 Å². The molecule has 0 amide bonds. The molecular weight excluding hydrogens is 332 g/mol. The first-order chi connectivity index (χ1) is 12.1. The topological polar surface area (TPSA) is 66.0 Å². The van der Waals surface area contributed by atoms with Crippen LogP contribution in [-0.2, 0) is 11.2 Å². The van der Waals surface area contributed by atoms with Gasteiger partial charge in [-0.05, 0) is 18.6 Å². The Morgan fingerprint density at radius 3 is 2.72 bits per heavy atom. The van der Waals surface area contributed by atoms with E-state index in [1.807, 2.05) is 35.7 Å². The molecule has 0 fully saturated rings. The zero-order chi connectivity index (χ0) is 17.4. The van der Waals surface area contributed by atoms with Crippen LogP contribution in [0.5, 0.6) is 0 Å². The quantitative estimate of drug-likeness (QED) is 0.551. The molecule has 124 valence electrons. The average Bonchev–Trinajstić information content (AvgIpc) is 3.18. The van der Waals surface area contributed by atoms with Crippen LogP contribution in [0.2, 0.25) is 0 Å². The predicted octanol–water partition coefficient (Wildman–Crippen LogP) is 4.89. The van der Waals surface area contributed by atoms with Crippen LogP contribution in [-0.4, -0.2) is 21.0 Å². The summed E-state index contributed by atoms with van der Waals surface area (Å²) in [5.41, 5.74) is 6.00. The number of hydrogen-bond donors (Lipinski definition) is 2. The number of para-hydroxylation sites is 1. The van der Waals surface area contributed by atoms with E-state index in [2.05, 4.69) is 35.1 Å². The molecule has 0 unspecified atom stereocenters. The number of carboxylic acids is 1. The molecule has 2 N–H and O–H groups in total. The van der Waals surface area contributed by atoms with Crippen molar-refractivity contribution in [1.29, 1.82) is 0 Å². The minimum absolute atomic E-state index is 0.0570. The normalized spacial score (nSPS) is 11.1. The lowest BCUT2D eigenvalue weighted by molar-refractivity contribution is -0.136. The molecule has 2 aromatic carbocycles. The maximum atomic E-state index is 11.0. The molecule has 4 rings (SSSR count). The van der Waals surface area contributed by atoms with Crippen molar-refractivity contribution >= 4 is 28.2 Å². The van der Waals surface area contributed by atoms with Crippen molar-refractivity contribution in [3.63, 3.8) is 0 Å². The second kappa shape index (κ2) is 6.18. The summed E-state index contributed by atoms with van der Waals surface area (Å²) in [6, 6.07) is 16.4. The van der Waals surface area contributed by atoms with Gasteiger partial charge in [-0.2, -0.15) is 0 Å². The minimum atomic E-state index is -0.866. The summed E-state index contributed by atoms with van der Waals surface area (Å²) in [5, 5.41) is 12.8. The van der Waals surface area contributed by atoms with Gasteiger partial charge in [0.05, 0.1) is 17.8 Å². The molecule has 0 saturated heterocycles. The number of H-pyrrole nitrogens is 1. The molecule has 0 aliphatic carbocycles. The first-order valence-corrected chi connectivity index (χ1v) is 8.84. The van der Waals surface area contributed by atoms with E-state index in [1.165, 1.54) is 16.9 Å². The number of aromatic amines is 1. The number of nitrogens with one attached hydrogen (secondary N) is 1. The Hall–Kier alpha value is -2.92. The molecule has 0 aliphatic rings. The highest BCUT2D eigenvalue weighted by Crippen LogP contribution is 2.40. The summed E-state index contributed by atoms with van der Waals surface area (Å²) < 4.78 is 0. The lowest BCUT2D eigenvalue weighted by atomic mass is 10.0. The molecule has 0 saturated carbocycles. The van der Waals surface area contributed by atoms with Gasteiger partial charge in [-0.15, -0.1) is 11.3 Å². The van der Waals surface area contributed by atoms with Crippen LogP contribution in [0.4, 0.5) is 0 Å². The first-order valence-electron chi connectivity index (χ1n) is 7.97. The van der Waals surface area contributed by atoms with Gasteiger partial charge in [-0.1, -0.05) is 42.5 Å². The summed E-state index contributed by atoms with van der Waals surface area (Å²) >= 11 is 1.48. The number of benzene rings is 2. The third-order valence-corrected chi connectivity index (χ3v) is 5.13. The minimum Gasteiger partial charge on any atom is -0.481 e. The number of fused-ring (bicyclic) bond motifs is 1. The predicted molar refractivity (Wildman–Crippen MR) is 101 cm³/mol. The van der Waals surface area contributed by atoms with Crippen LogP contribution < -0.4 is 0 Å². The molecule has 0 bridgehead atoms. The van der Waals surface area contributed by atoms with E-state index in [9.17, 15) is 4.79 Å². The van der Waals surface area contributed by atoms with Gasteiger partial charge in [0, 0.05) is 27.4 Å². The number of carboxylic acid groups (broad SMARTS) is 1. The lowest BCUT2D eigenvalue weighted by Crippen LogP contribution is -1.99. The highest BCUT2D eigenvalue weighted by atomic mass is 32.1. The Morgan fingerprint density at radius 2 is 1.92 bits per heavy atom. The maximum absolute atomic E-state index is 11.0. The van der Waals surface area contributed by atoms with Gasteiger partial charge in [0.15, 0.2) is 0 Å². The fraction of sp³-hybridized carbons (Fsp3) is 0.100. The van der Waals surface area contributed by atoms with Crippen molar-refractivity contribution < 1.29 is 9.90 Å². The fourth-order valence-electron chi connectivity index (χ4n) is 3.08. The molecule has 0 aliphatic heterocycles. The van der Waals surface area contributed by atoms with Crippen molar-refractivity contribution in [3.8, 4) is 21.8 Å². The van der Waals surface area contributed by atoms with Crippen LogP contribution in [0.25, 0.3) is 32.7 Å². The number of nitrogens with zero attached hydrogens (tertiary/aromatic N) is 1. The molecule has 4 aromatic rings. The number of carbonyl (C=O) groups is 1. The molecule has 25 heavy (non-hydrogen) atoms. The van der Waals surface area contributed by atoms with Gasteiger partial charge >= 0.3 is 5.97 Å². The number of rotatable bonds is 4. The van der Waals surface area contributed by atoms with Crippen molar-refractivity contribution in [2.45, 2.75) is 13.3 Å². The summed E-state index contributed by atoms with van der Waals surface area (Å²) in [7, 11) is 0. The fourth-order valence-corrected chi connectivity index (χ4v) is 3.96. The van der Waals surface area contributed by atoms with Crippen molar-refractivity contribution in [3.05, 3.63) is 65.2 Å². The average molecular weight is 348 g/mol. The number of hydrogen-bond acceptors (Lipinski definition) is 3. The zero-order valence-corrected chi connectivity index (χ0v) is 14.4. The van der Waals surface area contributed by atoms with E-state index in [4.69, 9.17) is 5.11 Å². The van der Waals surface area contributed by atoms with Crippen molar-refractivity contribution in [2.75, 3.05) is 0 Å². The lowest BCUT2D eigenvalue weighted by Gasteiger charge is -2.06. The van der Waals surface area contributed by atoms with E-state index in [0.717, 1.165) is 32.7 Å². The van der Waals surface area contributed by atoms with Gasteiger partial charge in [0.2, 0.25) is 0 Å². The Balaban J connectivity index is 1.96. The van der Waals surface area contributed by atoms with Crippen molar-refractivity contribution in [2.24, 2.45) is 0 Å². The molecule has 2 heterocycles. The SMILES string of the molecule is Cc1ccccc1-c1[nH]c2ccccc2c1-c1nc(CC(=O)O)cs1. The van der Waals surface area contributed by atoms with Crippen LogP contribution in [0.1, 0.15) is 11.3 Å². The number of aliphatic carboxylic acids is 1. The molecule has 0 spiro atoms. The van der Waals surface area contributed by atoms with E-state index in [0.29, 0.717) is 5.69 Å². The van der Waals surface area contributed by atoms with Gasteiger partial charge in [0.25, 0.3) is 0 Å². The third-order valence-electron chi connectivity index (χ3n) is 4.22. The number of thiazole rings is 1. The van der Waals surface area contributed by atoms with Crippen LogP contribution in [0.3, 0.4) is 0 Å². The van der Waals surface area contributed by atoms with Crippen LogP contribution in [0.15, 0.2) is 53.9 Å². The Labute approximate surface area is 148 Å². The van der Waals surface area contributed by atoms with Gasteiger partial charge in [-0.3, -0.25) is 4.79 Å². The summed E-state index contributed by atoms with van der Waals surface area (Å²) in [6.07, 6.45) is -0.0570. The first kappa shape index (κ1) is 15.6. The Morgan fingerprint density at radius 1 is 1.16 bits per heavy atom. The van der Waals surface area contributed by atoms with Crippen molar-refractivity contribution in [1.82, 2.24) is 9.97 Å². The summed E-state index contributed by atoms with van der Waals surface area (Å²) in [6.45, 7) is 2.09. The second-order valence-electron chi connectivity index (χ2n) is 5.95. The highest BCUT2D eigenvalue weighted by Gasteiger charge is 2.19. The highest BCUT2D eigenvalue weighted by molar-refractivity contribution is 7.13. The maximum Gasteiger partial charge on any atom is 0.309 e. The van der Waals surface area contributed by atoms with Gasteiger partial charge < -0.3 is 10.1 Å². The molecule has 0 atom stereocenters. The molecule has 2 aromatic heterocycles. The summed E-state index contributed by atoms with van der Waals surface area (Å²) in [4.78, 5) is 19.1. The summed E-state index contributed by atoms with van der Waals surface area (Å²) in [5.74, 6) is -0.866.